The highest BCUT2D eigenvalue weighted by Gasteiger charge is 2.10. The number of methoxy groups -OCH3 is 1. The lowest BCUT2D eigenvalue weighted by Gasteiger charge is -2.02. The molecule has 1 aromatic rings. The fourth-order valence-electron chi connectivity index (χ4n) is 1.21. The minimum Gasteiger partial charge on any atom is -0.507 e. The van der Waals surface area contributed by atoms with Gasteiger partial charge in [0.25, 0.3) is 0 Å². The van der Waals surface area contributed by atoms with Gasteiger partial charge in [0.1, 0.15) is 11.3 Å². The van der Waals surface area contributed by atoms with Crippen molar-refractivity contribution in [1.29, 1.82) is 0 Å². The van der Waals surface area contributed by atoms with Crippen LogP contribution >= 0.6 is 0 Å². The van der Waals surface area contributed by atoms with Crippen molar-refractivity contribution in [3.63, 3.8) is 0 Å². The van der Waals surface area contributed by atoms with Crippen LogP contribution in [0.5, 0.6) is 5.75 Å². The number of rotatable bonds is 3. The topological polar surface area (TPSA) is 95.3 Å². The Balaban J connectivity index is 2.78. The normalized spacial score (nSPS) is 8.72. The first-order valence-electron chi connectivity index (χ1n) is 5.10. The van der Waals surface area contributed by atoms with E-state index < -0.39 is 5.97 Å². The Morgan fingerprint density at radius 2 is 2.39 bits per heavy atom. The Bertz CT molecular complexity index is 551. The van der Waals surface area contributed by atoms with Crippen LogP contribution in [0.15, 0.2) is 23.3 Å². The van der Waals surface area contributed by atoms with Crippen molar-refractivity contribution in [2.75, 3.05) is 13.7 Å². The van der Waals surface area contributed by atoms with E-state index in [-0.39, 0.29) is 11.3 Å². The Morgan fingerprint density at radius 3 is 3.00 bits per heavy atom. The molecular formula is C12H11N3O3. The summed E-state index contributed by atoms with van der Waals surface area (Å²) in [7, 11) is 1.24. The van der Waals surface area contributed by atoms with Crippen LogP contribution in [-0.2, 0) is 4.74 Å². The number of phenolic OH excluding ortho intramolecular Hbond substituents is 1. The van der Waals surface area contributed by atoms with Crippen LogP contribution in [0, 0.1) is 11.8 Å². The lowest BCUT2D eigenvalue weighted by atomic mass is 10.1. The smallest absolute Gasteiger partial charge is 0.341 e. The molecule has 0 spiro atoms. The van der Waals surface area contributed by atoms with E-state index in [2.05, 4.69) is 26.6 Å². The minimum absolute atomic E-state index is 0.0946. The van der Waals surface area contributed by atoms with E-state index in [0.29, 0.717) is 18.5 Å². The van der Waals surface area contributed by atoms with Gasteiger partial charge in [0.15, 0.2) is 0 Å². The van der Waals surface area contributed by atoms with Gasteiger partial charge in [-0.2, -0.15) is 0 Å². The second-order valence-corrected chi connectivity index (χ2v) is 3.23. The second-order valence-electron chi connectivity index (χ2n) is 3.23. The SMILES string of the molecule is COC(=O)c1ccc(C#CCCN=[N+]=[N-])cc1O. The first kappa shape index (κ1) is 13.4. The van der Waals surface area contributed by atoms with Crippen LogP contribution in [0.2, 0.25) is 0 Å². The van der Waals surface area contributed by atoms with Gasteiger partial charge in [0.2, 0.25) is 0 Å². The monoisotopic (exact) mass is 245 g/mol. The van der Waals surface area contributed by atoms with Crippen molar-refractivity contribution in [3.8, 4) is 17.6 Å². The van der Waals surface area contributed by atoms with Gasteiger partial charge in [-0.05, 0) is 23.7 Å². The molecule has 0 amide bonds. The zero-order valence-corrected chi connectivity index (χ0v) is 9.75. The minimum atomic E-state index is -0.602. The summed E-state index contributed by atoms with van der Waals surface area (Å²) in [4.78, 5) is 13.8. The number of phenols is 1. The van der Waals surface area contributed by atoms with Crippen LogP contribution < -0.4 is 0 Å². The first-order valence-corrected chi connectivity index (χ1v) is 5.10. The molecule has 92 valence electrons. The van der Waals surface area contributed by atoms with Crippen LogP contribution in [0.3, 0.4) is 0 Å². The summed E-state index contributed by atoms with van der Waals surface area (Å²) in [6, 6.07) is 4.43. The van der Waals surface area contributed by atoms with Crippen molar-refractivity contribution in [3.05, 3.63) is 39.8 Å². The van der Waals surface area contributed by atoms with Crippen LogP contribution in [0.1, 0.15) is 22.3 Å². The molecule has 0 fully saturated rings. The van der Waals surface area contributed by atoms with Crippen LogP contribution in [0.25, 0.3) is 10.4 Å². The predicted molar refractivity (Wildman–Crippen MR) is 65.0 cm³/mol. The Kier molecular flexibility index (Phi) is 5.10. The van der Waals surface area contributed by atoms with Gasteiger partial charge in [-0.25, -0.2) is 4.79 Å². The fourth-order valence-corrected chi connectivity index (χ4v) is 1.21. The maximum absolute atomic E-state index is 11.2. The zero-order valence-electron chi connectivity index (χ0n) is 9.75. The molecule has 0 aliphatic rings. The highest BCUT2D eigenvalue weighted by Crippen LogP contribution is 2.19. The van der Waals surface area contributed by atoms with E-state index in [1.54, 1.807) is 6.07 Å². The van der Waals surface area contributed by atoms with Crippen molar-refractivity contribution < 1.29 is 14.6 Å². The zero-order chi connectivity index (χ0) is 13.4. The van der Waals surface area contributed by atoms with E-state index in [1.807, 2.05) is 0 Å². The third-order valence-electron chi connectivity index (χ3n) is 2.04. The van der Waals surface area contributed by atoms with E-state index in [9.17, 15) is 9.90 Å². The Hall–Kier alpha value is -2.64. The number of ether oxygens (including phenoxy) is 1. The molecule has 6 heteroatoms. The third-order valence-corrected chi connectivity index (χ3v) is 2.04. The maximum atomic E-state index is 11.2. The average Bonchev–Trinajstić information content (AvgIpc) is 2.38. The number of benzene rings is 1. The van der Waals surface area contributed by atoms with E-state index in [4.69, 9.17) is 5.53 Å². The number of hydrogen-bond donors (Lipinski definition) is 1. The molecule has 1 rings (SSSR count). The van der Waals surface area contributed by atoms with E-state index in [1.165, 1.54) is 19.2 Å². The van der Waals surface area contributed by atoms with Gasteiger partial charge in [-0.15, -0.1) is 0 Å². The third kappa shape index (κ3) is 3.74. The Morgan fingerprint density at radius 1 is 1.61 bits per heavy atom. The molecule has 6 nitrogen and oxygen atoms in total. The molecule has 0 bridgehead atoms. The highest BCUT2D eigenvalue weighted by molar-refractivity contribution is 5.92. The number of hydrogen-bond acceptors (Lipinski definition) is 4. The van der Waals surface area contributed by atoms with Gasteiger partial charge < -0.3 is 9.84 Å². The van der Waals surface area contributed by atoms with Crippen LogP contribution in [0.4, 0.5) is 0 Å². The molecular weight excluding hydrogens is 234 g/mol. The van der Waals surface area contributed by atoms with Gasteiger partial charge >= 0.3 is 5.97 Å². The van der Waals surface area contributed by atoms with Crippen molar-refractivity contribution in [1.82, 2.24) is 0 Å². The lowest BCUT2D eigenvalue weighted by Crippen LogP contribution is -2.01. The summed E-state index contributed by atoms with van der Waals surface area (Å²) in [5.41, 5.74) is 8.72. The molecule has 0 radical (unpaired) electrons. The van der Waals surface area contributed by atoms with Crippen molar-refractivity contribution in [2.24, 2.45) is 5.11 Å². The summed E-state index contributed by atoms with van der Waals surface area (Å²) in [5, 5.41) is 12.9. The number of carbonyl (C=O) groups excluding carboxylic acids is 1. The molecule has 0 atom stereocenters. The average molecular weight is 245 g/mol. The van der Waals surface area contributed by atoms with Gasteiger partial charge in [0.05, 0.1) is 7.11 Å². The first-order chi connectivity index (χ1) is 8.69. The Labute approximate surface area is 104 Å². The summed E-state index contributed by atoms with van der Waals surface area (Å²) >= 11 is 0. The number of aromatic hydroxyl groups is 1. The molecule has 0 aromatic heterocycles. The summed E-state index contributed by atoms with van der Waals surface area (Å²) < 4.78 is 4.50. The maximum Gasteiger partial charge on any atom is 0.341 e. The molecule has 18 heavy (non-hydrogen) atoms. The van der Waals surface area contributed by atoms with Crippen molar-refractivity contribution >= 4 is 5.97 Å². The molecule has 1 aromatic carbocycles. The van der Waals surface area contributed by atoms with Gasteiger partial charge in [-0.1, -0.05) is 17.0 Å². The summed E-state index contributed by atoms with van der Waals surface area (Å²) in [6.45, 7) is 0.301. The summed E-state index contributed by atoms with van der Waals surface area (Å²) in [5.74, 6) is 4.79. The molecule has 0 aliphatic heterocycles. The number of nitrogens with zero attached hydrogens (tertiary/aromatic N) is 3. The molecule has 0 aliphatic carbocycles. The number of carbonyl (C=O) groups is 1. The lowest BCUT2D eigenvalue weighted by molar-refractivity contribution is 0.0597. The van der Waals surface area contributed by atoms with E-state index in [0.717, 1.165) is 0 Å². The molecule has 0 saturated heterocycles. The predicted octanol–water partition coefficient (Wildman–Crippen LogP) is 2.23. The standard InChI is InChI=1S/C12H11N3O3/c1-18-12(17)10-6-5-9(8-11(10)16)4-2-3-7-14-15-13/h5-6,8,16H,3,7H2,1H3. The quantitative estimate of drug-likeness (QED) is 0.221. The van der Waals surface area contributed by atoms with Gasteiger partial charge in [-0.3, -0.25) is 0 Å². The van der Waals surface area contributed by atoms with E-state index >= 15 is 0 Å². The number of azide groups is 1. The second kappa shape index (κ2) is 6.84. The van der Waals surface area contributed by atoms with Crippen LogP contribution in [-0.4, -0.2) is 24.7 Å². The number of esters is 1. The van der Waals surface area contributed by atoms with Gasteiger partial charge in [0, 0.05) is 23.4 Å². The molecule has 1 N–H and O–H groups in total. The molecule has 0 saturated carbocycles. The fraction of sp³-hybridized carbons (Fsp3) is 0.250. The van der Waals surface area contributed by atoms with Crippen molar-refractivity contribution in [2.45, 2.75) is 6.42 Å². The largest absolute Gasteiger partial charge is 0.507 e. The summed E-state index contributed by atoms with van der Waals surface area (Å²) in [6.07, 6.45) is 0.434. The molecule has 0 heterocycles. The highest BCUT2D eigenvalue weighted by atomic mass is 16.5. The molecule has 0 unspecified atom stereocenters.